The highest BCUT2D eigenvalue weighted by molar-refractivity contribution is 6.35. The van der Waals surface area contributed by atoms with Crippen molar-refractivity contribution in [3.63, 3.8) is 0 Å². The Hall–Kier alpha value is -1.71. The van der Waals surface area contributed by atoms with E-state index in [2.05, 4.69) is 0 Å². The van der Waals surface area contributed by atoms with E-state index in [9.17, 15) is 4.79 Å². The van der Waals surface area contributed by atoms with E-state index in [-0.39, 0.29) is 12.2 Å². The van der Waals surface area contributed by atoms with Gasteiger partial charge in [0, 0.05) is 15.6 Å². The Morgan fingerprint density at radius 1 is 1.20 bits per heavy atom. The van der Waals surface area contributed by atoms with Crippen LogP contribution in [0.1, 0.15) is 21.5 Å². The third kappa shape index (κ3) is 3.24. The van der Waals surface area contributed by atoms with Gasteiger partial charge in [-0.15, -0.1) is 0 Å². The summed E-state index contributed by atoms with van der Waals surface area (Å²) in [6.07, 6.45) is 0. The van der Waals surface area contributed by atoms with Gasteiger partial charge in [0.15, 0.2) is 0 Å². The number of halogens is 2. The minimum Gasteiger partial charge on any atom is -0.488 e. The van der Waals surface area contributed by atoms with Crippen LogP contribution in [0.15, 0.2) is 36.4 Å². The second-order valence-electron chi connectivity index (χ2n) is 4.29. The fraction of sp³-hybridized carbons (Fsp3) is 0.133. The van der Waals surface area contributed by atoms with Gasteiger partial charge in [-0.1, -0.05) is 35.3 Å². The molecule has 0 fully saturated rings. The SMILES string of the molecule is Cc1ccc(C(=O)O)c(OCc2c(Cl)cccc2Cl)c1. The van der Waals surface area contributed by atoms with Crippen LogP contribution in [0.25, 0.3) is 0 Å². The first-order valence-corrected chi connectivity index (χ1v) is 6.64. The number of aryl methyl sites for hydroxylation is 1. The predicted molar refractivity (Wildman–Crippen MR) is 78.9 cm³/mol. The van der Waals surface area contributed by atoms with Crippen LogP contribution in [-0.2, 0) is 6.61 Å². The molecule has 5 heteroatoms. The minimum atomic E-state index is -1.04. The molecule has 0 spiro atoms. The molecule has 3 nitrogen and oxygen atoms in total. The van der Waals surface area contributed by atoms with Crippen LogP contribution in [0.5, 0.6) is 5.75 Å². The normalized spacial score (nSPS) is 10.3. The van der Waals surface area contributed by atoms with Crippen LogP contribution >= 0.6 is 23.2 Å². The Morgan fingerprint density at radius 3 is 2.45 bits per heavy atom. The second kappa shape index (κ2) is 6.16. The standard InChI is InChI=1S/C15H12Cl2O3/c1-9-5-6-10(15(18)19)14(7-9)20-8-11-12(16)3-2-4-13(11)17/h2-7H,8H2,1H3,(H,18,19). The molecule has 2 aromatic carbocycles. The molecule has 0 saturated carbocycles. The third-order valence-corrected chi connectivity index (χ3v) is 3.51. The summed E-state index contributed by atoms with van der Waals surface area (Å²) in [5, 5.41) is 10.1. The van der Waals surface area contributed by atoms with Crippen LogP contribution in [0.2, 0.25) is 10.0 Å². The maximum atomic E-state index is 11.1. The maximum Gasteiger partial charge on any atom is 0.339 e. The molecule has 0 aromatic heterocycles. The van der Waals surface area contributed by atoms with Gasteiger partial charge in [-0.25, -0.2) is 4.79 Å². The summed E-state index contributed by atoms with van der Waals surface area (Å²) in [5.74, 6) is -0.737. The van der Waals surface area contributed by atoms with Gasteiger partial charge in [-0.05, 0) is 36.8 Å². The predicted octanol–water partition coefficient (Wildman–Crippen LogP) is 4.58. The Kier molecular flexibility index (Phi) is 4.53. The average Bonchev–Trinajstić information content (AvgIpc) is 2.37. The zero-order valence-electron chi connectivity index (χ0n) is 10.7. The molecular formula is C15H12Cl2O3. The topological polar surface area (TPSA) is 46.5 Å². The molecular weight excluding hydrogens is 299 g/mol. The molecule has 0 aliphatic heterocycles. The van der Waals surface area contributed by atoms with Crippen molar-refractivity contribution in [3.8, 4) is 5.75 Å². The Balaban J connectivity index is 2.27. The highest BCUT2D eigenvalue weighted by Gasteiger charge is 2.13. The Labute approximate surface area is 126 Å². The third-order valence-electron chi connectivity index (χ3n) is 2.80. The van der Waals surface area contributed by atoms with Gasteiger partial charge in [-0.2, -0.15) is 0 Å². The Bertz CT molecular complexity index is 633. The van der Waals surface area contributed by atoms with Gasteiger partial charge in [0.25, 0.3) is 0 Å². The molecule has 104 valence electrons. The lowest BCUT2D eigenvalue weighted by molar-refractivity contribution is 0.0692. The maximum absolute atomic E-state index is 11.1. The molecule has 1 N–H and O–H groups in total. The van der Waals surface area contributed by atoms with Crippen LogP contribution in [-0.4, -0.2) is 11.1 Å². The van der Waals surface area contributed by atoms with E-state index in [1.54, 1.807) is 30.3 Å². The lowest BCUT2D eigenvalue weighted by Gasteiger charge is -2.12. The zero-order chi connectivity index (χ0) is 14.7. The number of carboxylic acids is 1. The quantitative estimate of drug-likeness (QED) is 0.899. The molecule has 20 heavy (non-hydrogen) atoms. The summed E-state index contributed by atoms with van der Waals surface area (Å²) in [6.45, 7) is 1.98. The molecule has 0 amide bonds. The first-order valence-electron chi connectivity index (χ1n) is 5.88. The summed E-state index contributed by atoms with van der Waals surface area (Å²) < 4.78 is 5.58. The van der Waals surface area contributed by atoms with Gasteiger partial charge in [0.1, 0.15) is 17.9 Å². The number of carboxylic acid groups (broad SMARTS) is 1. The summed E-state index contributed by atoms with van der Waals surface area (Å²) in [4.78, 5) is 11.1. The number of hydrogen-bond acceptors (Lipinski definition) is 2. The van der Waals surface area contributed by atoms with Gasteiger partial charge < -0.3 is 9.84 Å². The average molecular weight is 311 g/mol. The first-order chi connectivity index (χ1) is 9.49. The molecule has 0 heterocycles. The second-order valence-corrected chi connectivity index (χ2v) is 5.11. The molecule has 2 aromatic rings. The van der Waals surface area contributed by atoms with E-state index in [0.717, 1.165) is 5.56 Å². The molecule has 0 aliphatic carbocycles. The zero-order valence-corrected chi connectivity index (χ0v) is 12.2. The van der Waals surface area contributed by atoms with Gasteiger partial charge in [0.05, 0.1) is 0 Å². The van der Waals surface area contributed by atoms with Crippen LogP contribution < -0.4 is 4.74 Å². The molecule has 0 saturated heterocycles. The van der Waals surface area contributed by atoms with E-state index in [0.29, 0.717) is 21.4 Å². The van der Waals surface area contributed by atoms with Crippen LogP contribution in [0.4, 0.5) is 0 Å². The molecule has 0 aliphatic rings. The number of hydrogen-bond donors (Lipinski definition) is 1. The van der Waals surface area contributed by atoms with Crippen molar-refractivity contribution < 1.29 is 14.6 Å². The van der Waals surface area contributed by atoms with Crippen molar-refractivity contribution in [2.75, 3.05) is 0 Å². The van der Waals surface area contributed by atoms with Gasteiger partial charge >= 0.3 is 5.97 Å². The lowest BCUT2D eigenvalue weighted by atomic mass is 10.1. The number of rotatable bonds is 4. The summed E-state index contributed by atoms with van der Waals surface area (Å²) in [6, 6.07) is 10.1. The molecule has 0 radical (unpaired) electrons. The van der Waals surface area contributed by atoms with Crippen molar-refractivity contribution in [2.24, 2.45) is 0 Å². The Morgan fingerprint density at radius 2 is 1.85 bits per heavy atom. The molecule has 0 unspecified atom stereocenters. The fourth-order valence-electron chi connectivity index (χ4n) is 1.75. The molecule has 0 atom stereocenters. The van der Waals surface area contributed by atoms with Crippen molar-refractivity contribution in [1.82, 2.24) is 0 Å². The first kappa shape index (κ1) is 14.7. The molecule has 2 rings (SSSR count). The highest BCUT2D eigenvalue weighted by Crippen LogP contribution is 2.27. The highest BCUT2D eigenvalue weighted by atomic mass is 35.5. The summed E-state index contributed by atoms with van der Waals surface area (Å²) >= 11 is 12.1. The van der Waals surface area contributed by atoms with E-state index in [1.165, 1.54) is 6.07 Å². The van der Waals surface area contributed by atoms with Gasteiger partial charge in [0.2, 0.25) is 0 Å². The number of ether oxygens (including phenoxy) is 1. The summed E-state index contributed by atoms with van der Waals surface area (Å²) in [7, 11) is 0. The van der Waals surface area contributed by atoms with Gasteiger partial charge in [-0.3, -0.25) is 0 Å². The number of aromatic carboxylic acids is 1. The number of benzene rings is 2. The minimum absolute atomic E-state index is 0.110. The lowest BCUT2D eigenvalue weighted by Crippen LogP contribution is -2.04. The van der Waals surface area contributed by atoms with E-state index in [4.69, 9.17) is 33.0 Å². The smallest absolute Gasteiger partial charge is 0.339 e. The number of carbonyl (C=O) groups is 1. The van der Waals surface area contributed by atoms with Crippen LogP contribution in [0.3, 0.4) is 0 Å². The van der Waals surface area contributed by atoms with Crippen molar-refractivity contribution in [3.05, 3.63) is 63.1 Å². The van der Waals surface area contributed by atoms with Crippen molar-refractivity contribution in [2.45, 2.75) is 13.5 Å². The van der Waals surface area contributed by atoms with E-state index < -0.39 is 5.97 Å². The molecule has 0 bridgehead atoms. The monoisotopic (exact) mass is 310 g/mol. The largest absolute Gasteiger partial charge is 0.488 e. The fourth-order valence-corrected chi connectivity index (χ4v) is 2.25. The van der Waals surface area contributed by atoms with E-state index >= 15 is 0 Å². The van der Waals surface area contributed by atoms with E-state index in [1.807, 2.05) is 6.92 Å². The summed E-state index contributed by atoms with van der Waals surface area (Å²) in [5.41, 5.74) is 1.66. The van der Waals surface area contributed by atoms with Crippen molar-refractivity contribution >= 4 is 29.2 Å². The van der Waals surface area contributed by atoms with Crippen LogP contribution in [0, 0.1) is 6.92 Å². The van der Waals surface area contributed by atoms with Crippen molar-refractivity contribution in [1.29, 1.82) is 0 Å².